The second-order valence-corrected chi connectivity index (χ2v) is 29.0. The molecule has 0 spiro atoms. The number of benzene rings is 9. The molecule has 1 N–H and O–H groups in total. The molecule has 9 aromatic carbocycles. The molecule has 558 valence electrons. The standard InChI is InChI=1S/C60H70O6.C27H30O2.C6H12Br2O2/c1-5-49(51-25-13-7-14-26-51)45-59(53-29-17-9-18-30-53,54-31-19-10-20-32-54)43-47(3)57(61)65-41-39-63-37-38-64-40-42-66-58(62)48(4)44-60(55-33-21-11-22-34-55,56-35-23-12-24-36-56)46-50(6-2)52-27-15-8-16-28-52;1-3-22(23-13-7-4-8-14-23)20-27(19-21(2)26(28)29,24-15-9-5-10-16-24)25-17-11-6-12-18-25;7-1-3-9-5-6-10-4-2-8/h7-36,47-50H,5-6,37-46H2,1-4H3;4-18,21-22H,3,19-20H2,1-2H3,(H,28,29);1-6H2. The van der Waals surface area contributed by atoms with Crippen LogP contribution in [0.15, 0.2) is 273 Å². The molecule has 105 heavy (non-hydrogen) atoms. The van der Waals surface area contributed by atoms with Crippen molar-refractivity contribution in [2.24, 2.45) is 17.8 Å². The first-order valence-electron chi connectivity index (χ1n) is 37.7. The van der Waals surface area contributed by atoms with Crippen molar-refractivity contribution in [3.63, 3.8) is 0 Å². The van der Waals surface area contributed by atoms with E-state index in [-0.39, 0.29) is 55.6 Å². The van der Waals surface area contributed by atoms with E-state index in [1.165, 1.54) is 50.1 Å². The Hall–Kier alpha value is -7.81. The Morgan fingerprint density at radius 3 is 0.705 bits per heavy atom. The van der Waals surface area contributed by atoms with E-state index in [4.69, 9.17) is 28.4 Å². The van der Waals surface area contributed by atoms with Gasteiger partial charge in [0.05, 0.1) is 70.6 Å². The molecule has 0 aromatic heterocycles. The molecule has 12 heteroatoms. The highest BCUT2D eigenvalue weighted by Crippen LogP contribution is 2.50. The van der Waals surface area contributed by atoms with Gasteiger partial charge in [0.15, 0.2) is 0 Å². The second-order valence-electron chi connectivity index (χ2n) is 27.4. The van der Waals surface area contributed by atoms with E-state index < -0.39 is 22.7 Å². The average Bonchev–Trinajstić information content (AvgIpc) is 0.784. The van der Waals surface area contributed by atoms with Crippen LogP contribution in [0, 0.1) is 17.8 Å². The third kappa shape index (κ3) is 26.3. The molecular formula is C93H112Br2O10. The van der Waals surface area contributed by atoms with Crippen LogP contribution in [0.25, 0.3) is 0 Å². The van der Waals surface area contributed by atoms with Gasteiger partial charge in [-0.15, -0.1) is 0 Å². The van der Waals surface area contributed by atoms with E-state index in [9.17, 15) is 19.5 Å². The molecule has 0 saturated heterocycles. The number of carbonyl (C=O) groups is 3. The van der Waals surface area contributed by atoms with Crippen LogP contribution in [0.1, 0.15) is 167 Å². The summed E-state index contributed by atoms with van der Waals surface area (Å²) in [7, 11) is 0. The van der Waals surface area contributed by atoms with Gasteiger partial charge in [-0.2, -0.15) is 0 Å². The maximum absolute atomic E-state index is 13.6. The van der Waals surface area contributed by atoms with Crippen molar-refractivity contribution in [1.82, 2.24) is 0 Å². The van der Waals surface area contributed by atoms with Gasteiger partial charge < -0.3 is 33.5 Å². The van der Waals surface area contributed by atoms with Gasteiger partial charge in [-0.3, -0.25) is 14.4 Å². The molecule has 0 bridgehead atoms. The lowest BCUT2D eigenvalue weighted by Crippen LogP contribution is -2.35. The Morgan fingerprint density at radius 1 is 0.295 bits per heavy atom. The molecule has 0 aliphatic heterocycles. The molecule has 9 aromatic rings. The summed E-state index contributed by atoms with van der Waals surface area (Å²) in [5.74, 6) is -1.42. The second kappa shape index (κ2) is 47.0. The number of hydrogen-bond acceptors (Lipinski definition) is 9. The van der Waals surface area contributed by atoms with Crippen LogP contribution in [0.3, 0.4) is 0 Å². The number of alkyl halides is 2. The molecule has 0 aliphatic carbocycles. The van der Waals surface area contributed by atoms with E-state index >= 15 is 0 Å². The number of aliphatic carboxylic acids is 1. The lowest BCUT2D eigenvalue weighted by molar-refractivity contribution is -0.151. The molecule has 6 unspecified atom stereocenters. The van der Waals surface area contributed by atoms with Crippen LogP contribution in [-0.2, 0) is 59.0 Å². The largest absolute Gasteiger partial charge is 0.481 e. The lowest BCUT2D eigenvalue weighted by atomic mass is 9.63. The Kier molecular flexibility index (Phi) is 37.8. The molecule has 0 aliphatic rings. The van der Waals surface area contributed by atoms with Crippen molar-refractivity contribution in [2.75, 3.05) is 76.7 Å². The summed E-state index contributed by atoms with van der Waals surface area (Å²) in [4.78, 5) is 39.1. The first kappa shape index (κ1) is 84.5. The molecule has 6 atom stereocenters. The molecule has 0 amide bonds. The van der Waals surface area contributed by atoms with Gasteiger partial charge in [0, 0.05) is 26.9 Å². The number of esters is 2. The first-order valence-corrected chi connectivity index (χ1v) is 40.0. The minimum Gasteiger partial charge on any atom is -0.481 e. The summed E-state index contributed by atoms with van der Waals surface area (Å²) in [5.41, 5.74) is 9.92. The van der Waals surface area contributed by atoms with Crippen molar-refractivity contribution in [2.45, 2.75) is 133 Å². The zero-order valence-electron chi connectivity index (χ0n) is 62.7. The van der Waals surface area contributed by atoms with Crippen LogP contribution in [0.2, 0.25) is 0 Å². The highest BCUT2D eigenvalue weighted by Gasteiger charge is 2.43. The topological polar surface area (TPSA) is 127 Å². The molecule has 0 saturated carbocycles. The van der Waals surface area contributed by atoms with E-state index in [0.717, 1.165) is 62.4 Å². The summed E-state index contributed by atoms with van der Waals surface area (Å²) in [6, 6.07) is 95.4. The zero-order valence-corrected chi connectivity index (χ0v) is 65.8. The summed E-state index contributed by atoms with van der Waals surface area (Å²) in [5, 5.41) is 11.5. The van der Waals surface area contributed by atoms with Gasteiger partial charge in [0.1, 0.15) is 13.2 Å². The van der Waals surface area contributed by atoms with Crippen molar-refractivity contribution < 1.29 is 47.9 Å². The Morgan fingerprint density at radius 2 is 0.495 bits per heavy atom. The van der Waals surface area contributed by atoms with Crippen molar-refractivity contribution >= 4 is 49.8 Å². The molecule has 0 fully saturated rings. The monoisotopic (exact) mass is 1550 g/mol. The van der Waals surface area contributed by atoms with Crippen LogP contribution in [0.4, 0.5) is 0 Å². The number of hydrogen-bond donors (Lipinski definition) is 1. The van der Waals surface area contributed by atoms with Crippen molar-refractivity contribution in [3.8, 4) is 0 Å². The number of carboxylic acid groups (broad SMARTS) is 1. The van der Waals surface area contributed by atoms with E-state index in [1.54, 1.807) is 0 Å². The quantitative estimate of drug-likeness (QED) is 0.0224. The predicted octanol–water partition coefficient (Wildman–Crippen LogP) is 21.8. The Labute approximate surface area is 644 Å². The van der Waals surface area contributed by atoms with E-state index in [2.05, 4.69) is 283 Å². The van der Waals surface area contributed by atoms with Gasteiger partial charge in [-0.25, -0.2) is 0 Å². The van der Waals surface area contributed by atoms with Crippen LogP contribution in [-0.4, -0.2) is 99.7 Å². The smallest absolute Gasteiger partial charge is 0.308 e. The molecule has 0 heterocycles. The van der Waals surface area contributed by atoms with Crippen LogP contribution < -0.4 is 0 Å². The lowest BCUT2D eigenvalue weighted by Gasteiger charge is -2.40. The van der Waals surface area contributed by atoms with Gasteiger partial charge in [0.2, 0.25) is 0 Å². The van der Waals surface area contributed by atoms with Gasteiger partial charge >= 0.3 is 17.9 Å². The van der Waals surface area contributed by atoms with Gasteiger partial charge in [-0.1, -0.05) is 346 Å². The summed E-state index contributed by atoms with van der Waals surface area (Å²) in [6.07, 6.45) is 7.35. The molecular weight excluding hydrogens is 1440 g/mol. The SMILES string of the molecule is BrCCOCCOCCBr.CCC(CC(CC(C)C(=O)O)(c1ccccc1)c1ccccc1)c1ccccc1.CCC(CC(CC(C)C(=O)OCCOCCOCCOC(=O)C(C)CC(CC(CC)c1ccccc1)(c1ccccc1)c1ccccc1)(c1ccccc1)c1ccccc1)c1ccccc1. The first-order chi connectivity index (χ1) is 51.3. The molecule has 0 radical (unpaired) electrons. The minimum atomic E-state index is -0.742. The summed E-state index contributed by atoms with van der Waals surface area (Å²) >= 11 is 6.52. The molecule has 10 nitrogen and oxygen atoms in total. The predicted molar refractivity (Wildman–Crippen MR) is 435 cm³/mol. The number of carboxylic acids is 1. The maximum Gasteiger partial charge on any atom is 0.308 e. The summed E-state index contributed by atoms with van der Waals surface area (Å²) in [6.45, 7) is 16.9. The average molecular weight is 1550 g/mol. The minimum absolute atomic E-state index is 0.155. The van der Waals surface area contributed by atoms with Gasteiger partial charge in [-0.05, 0) is 126 Å². The Bertz CT molecular complexity index is 3470. The highest BCUT2D eigenvalue weighted by atomic mass is 79.9. The van der Waals surface area contributed by atoms with Crippen molar-refractivity contribution in [1.29, 1.82) is 0 Å². The number of carbonyl (C=O) groups excluding carboxylic acids is 2. The van der Waals surface area contributed by atoms with Crippen LogP contribution in [0.5, 0.6) is 0 Å². The number of halogens is 2. The summed E-state index contributed by atoms with van der Waals surface area (Å²) < 4.78 is 33.5. The fraction of sp³-hybridized carbons (Fsp3) is 0.387. The third-order valence-corrected chi connectivity index (χ3v) is 21.0. The highest BCUT2D eigenvalue weighted by molar-refractivity contribution is 9.09. The normalized spacial score (nSPS) is 13.3. The molecule has 9 rings (SSSR count). The zero-order chi connectivity index (χ0) is 74.8. The number of rotatable bonds is 43. The van der Waals surface area contributed by atoms with Crippen molar-refractivity contribution in [3.05, 3.63) is 323 Å². The third-order valence-electron chi connectivity index (χ3n) is 20.4. The number of ether oxygens (including phenoxy) is 6. The van der Waals surface area contributed by atoms with Crippen LogP contribution >= 0.6 is 31.9 Å². The fourth-order valence-corrected chi connectivity index (χ4v) is 15.4. The Balaban J connectivity index is 0.000000322. The van der Waals surface area contributed by atoms with E-state index in [1.807, 2.05) is 63.2 Å². The van der Waals surface area contributed by atoms with E-state index in [0.29, 0.717) is 63.4 Å². The fourth-order valence-electron chi connectivity index (χ4n) is 14.9. The van der Waals surface area contributed by atoms with Gasteiger partial charge in [0.25, 0.3) is 0 Å². The maximum atomic E-state index is 13.6.